The number of hydrogen-bond donors (Lipinski definition) is 1. The van der Waals surface area contributed by atoms with Crippen molar-refractivity contribution in [1.29, 1.82) is 0 Å². The summed E-state index contributed by atoms with van der Waals surface area (Å²) >= 11 is 0. The number of amides is 3. The maximum atomic E-state index is 12.1. The predicted octanol–water partition coefficient (Wildman–Crippen LogP) is -0.157. The quantitative estimate of drug-likeness (QED) is 0.768. The first kappa shape index (κ1) is 13.7. The van der Waals surface area contributed by atoms with Crippen molar-refractivity contribution in [2.75, 3.05) is 26.2 Å². The zero-order valence-corrected chi connectivity index (χ0v) is 11.6. The molecule has 1 saturated carbocycles. The number of hydrogen-bond acceptors (Lipinski definition) is 4. The average molecular weight is 291 g/mol. The second kappa shape index (κ2) is 5.59. The van der Waals surface area contributed by atoms with E-state index in [1.807, 2.05) is 0 Å². The molecule has 3 amide bonds. The van der Waals surface area contributed by atoms with Gasteiger partial charge in [0.25, 0.3) is 5.91 Å². The smallest absolute Gasteiger partial charge is 0.312 e. The summed E-state index contributed by atoms with van der Waals surface area (Å²) in [5.74, 6) is -0.939. The lowest BCUT2D eigenvalue weighted by atomic mass is 10.2. The van der Waals surface area contributed by atoms with Crippen molar-refractivity contribution in [3.05, 3.63) is 24.2 Å². The minimum atomic E-state index is -0.539. The molecule has 1 saturated heterocycles. The second-order valence-electron chi connectivity index (χ2n) is 5.31. The number of nitrogens with zero attached hydrogens (tertiary/aromatic N) is 2. The summed E-state index contributed by atoms with van der Waals surface area (Å²) in [6, 6.07) is 3.45. The Bertz CT molecular complexity index is 543. The summed E-state index contributed by atoms with van der Waals surface area (Å²) in [5.41, 5.74) is 0. The standard InChI is InChI=1S/C14H17N3O4/c18-12(15-10-3-4-10)14(20)17-7-5-16(6-8-17)13(19)11-2-1-9-21-11/h1-2,9-10H,3-8H2,(H,15,18). The van der Waals surface area contributed by atoms with Crippen molar-refractivity contribution in [1.82, 2.24) is 15.1 Å². The van der Waals surface area contributed by atoms with Gasteiger partial charge in [-0.1, -0.05) is 0 Å². The van der Waals surface area contributed by atoms with Crippen molar-refractivity contribution >= 4 is 17.7 Å². The van der Waals surface area contributed by atoms with Crippen molar-refractivity contribution in [2.45, 2.75) is 18.9 Å². The Morgan fingerprint density at radius 2 is 1.76 bits per heavy atom. The zero-order chi connectivity index (χ0) is 14.8. The Balaban J connectivity index is 1.51. The fraction of sp³-hybridized carbons (Fsp3) is 0.500. The minimum absolute atomic E-state index is 0.170. The number of carbonyl (C=O) groups is 3. The van der Waals surface area contributed by atoms with E-state index >= 15 is 0 Å². The monoisotopic (exact) mass is 291 g/mol. The first-order valence-electron chi connectivity index (χ1n) is 7.07. The molecule has 0 bridgehead atoms. The molecule has 1 aliphatic heterocycles. The van der Waals surface area contributed by atoms with E-state index in [0.29, 0.717) is 31.9 Å². The van der Waals surface area contributed by atoms with E-state index < -0.39 is 11.8 Å². The van der Waals surface area contributed by atoms with Gasteiger partial charge in [0.05, 0.1) is 6.26 Å². The number of nitrogens with one attached hydrogen (secondary N) is 1. The van der Waals surface area contributed by atoms with Crippen LogP contribution in [0, 0.1) is 0 Å². The molecule has 1 aliphatic carbocycles. The normalized spacial score (nSPS) is 18.5. The lowest BCUT2D eigenvalue weighted by molar-refractivity contribution is -0.146. The summed E-state index contributed by atoms with van der Waals surface area (Å²) in [4.78, 5) is 38.8. The second-order valence-corrected chi connectivity index (χ2v) is 5.31. The lowest BCUT2D eigenvalue weighted by Gasteiger charge is -2.33. The van der Waals surface area contributed by atoms with Crippen LogP contribution in [0.1, 0.15) is 23.4 Å². The van der Waals surface area contributed by atoms with E-state index in [2.05, 4.69) is 5.32 Å². The summed E-state index contributed by atoms with van der Waals surface area (Å²) < 4.78 is 5.08. The van der Waals surface area contributed by atoms with Gasteiger partial charge >= 0.3 is 11.8 Å². The number of rotatable bonds is 2. The van der Waals surface area contributed by atoms with Crippen molar-refractivity contribution in [2.24, 2.45) is 0 Å². The molecule has 3 rings (SSSR count). The molecule has 1 N–H and O–H groups in total. The van der Waals surface area contributed by atoms with Crippen molar-refractivity contribution < 1.29 is 18.8 Å². The van der Waals surface area contributed by atoms with Gasteiger partial charge in [0.2, 0.25) is 0 Å². The Morgan fingerprint density at radius 1 is 1.10 bits per heavy atom. The van der Waals surface area contributed by atoms with Crippen LogP contribution < -0.4 is 5.32 Å². The Kier molecular flexibility index (Phi) is 3.64. The van der Waals surface area contributed by atoms with Gasteiger partial charge in [-0.3, -0.25) is 14.4 Å². The number of furan rings is 1. The first-order valence-corrected chi connectivity index (χ1v) is 7.07. The van der Waals surface area contributed by atoms with Crippen molar-refractivity contribution in [3.8, 4) is 0 Å². The third kappa shape index (κ3) is 3.07. The van der Waals surface area contributed by atoms with Gasteiger partial charge in [0.15, 0.2) is 5.76 Å². The largest absolute Gasteiger partial charge is 0.459 e. The van der Waals surface area contributed by atoms with Gasteiger partial charge in [-0.25, -0.2) is 0 Å². The predicted molar refractivity (Wildman–Crippen MR) is 72.4 cm³/mol. The highest BCUT2D eigenvalue weighted by Gasteiger charge is 2.31. The Morgan fingerprint density at radius 3 is 2.33 bits per heavy atom. The molecule has 7 heteroatoms. The molecule has 0 unspecified atom stereocenters. The Hall–Kier alpha value is -2.31. The molecule has 0 atom stereocenters. The van der Waals surface area contributed by atoms with Crippen LogP contribution in [0.15, 0.2) is 22.8 Å². The molecular weight excluding hydrogens is 274 g/mol. The molecule has 0 spiro atoms. The maximum absolute atomic E-state index is 12.1. The molecule has 112 valence electrons. The van der Waals surface area contributed by atoms with Gasteiger partial charge in [-0.2, -0.15) is 0 Å². The van der Waals surface area contributed by atoms with E-state index in [9.17, 15) is 14.4 Å². The molecular formula is C14H17N3O4. The topological polar surface area (TPSA) is 82.9 Å². The third-order valence-electron chi connectivity index (χ3n) is 3.69. The van der Waals surface area contributed by atoms with Gasteiger partial charge in [-0.15, -0.1) is 0 Å². The molecule has 2 aliphatic rings. The molecule has 21 heavy (non-hydrogen) atoms. The van der Waals surface area contributed by atoms with Gasteiger partial charge in [-0.05, 0) is 25.0 Å². The molecule has 0 radical (unpaired) electrons. The zero-order valence-electron chi connectivity index (χ0n) is 11.6. The van der Waals surface area contributed by atoms with Gasteiger partial charge in [0.1, 0.15) is 0 Å². The van der Waals surface area contributed by atoms with Crippen LogP contribution in [0.4, 0.5) is 0 Å². The summed E-state index contributed by atoms with van der Waals surface area (Å²) in [7, 11) is 0. The van der Waals surface area contributed by atoms with Crippen molar-refractivity contribution in [3.63, 3.8) is 0 Å². The maximum Gasteiger partial charge on any atom is 0.312 e. The first-order chi connectivity index (χ1) is 10.1. The molecule has 2 heterocycles. The number of piperazine rings is 1. The van der Waals surface area contributed by atoms with E-state index in [4.69, 9.17) is 4.42 Å². The summed E-state index contributed by atoms with van der Waals surface area (Å²) in [5, 5.41) is 2.68. The molecule has 0 aromatic carbocycles. The molecule has 2 fully saturated rings. The summed E-state index contributed by atoms with van der Waals surface area (Å²) in [6.07, 6.45) is 3.35. The highest BCUT2D eigenvalue weighted by molar-refractivity contribution is 6.35. The van der Waals surface area contributed by atoms with Gasteiger partial charge < -0.3 is 19.5 Å². The minimum Gasteiger partial charge on any atom is -0.459 e. The van der Waals surface area contributed by atoms with Crippen LogP contribution in [0.3, 0.4) is 0 Å². The highest BCUT2D eigenvalue weighted by Crippen LogP contribution is 2.18. The third-order valence-corrected chi connectivity index (χ3v) is 3.69. The highest BCUT2D eigenvalue weighted by atomic mass is 16.3. The van der Waals surface area contributed by atoms with Crippen LogP contribution in [0.2, 0.25) is 0 Å². The van der Waals surface area contributed by atoms with Crippen LogP contribution in [0.25, 0.3) is 0 Å². The van der Waals surface area contributed by atoms with Gasteiger partial charge in [0, 0.05) is 32.2 Å². The Labute approximate surface area is 121 Å². The van der Waals surface area contributed by atoms with E-state index in [1.54, 1.807) is 17.0 Å². The van der Waals surface area contributed by atoms with Crippen LogP contribution in [-0.2, 0) is 9.59 Å². The molecule has 1 aromatic rings. The fourth-order valence-electron chi connectivity index (χ4n) is 2.29. The van der Waals surface area contributed by atoms with Crippen LogP contribution in [0.5, 0.6) is 0 Å². The fourth-order valence-corrected chi connectivity index (χ4v) is 2.29. The van der Waals surface area contributed by atoms with E-state index in [1.165, 1.54) is 11.2 Å². The molecule has 1 aromatic heterocycles. The van der Waals surface area contributed by atoms with Crippen LogP contribution in [-0.4, -0.2) is 59.7 Å². The number of carbonyl (C=O) groups excluding carboxylic acids is 3. The van der Waals surface area contributed by atoms with Crippen LogP contribution >= 0.6 is 0 Å². The molecule has 7 nitrogen and oxygen atoms in total. The average Bonchev–Trinajstić information content (AvgIpc) is 3.15. The lowest BCUT2D eigenvalue weighted by Crippen LogP contribution is -2.54. The summed E-state index contributed by atoms with van der Waals surface area (Å²) in [6.45, 7) is 1.54. The SMILES string of the molecule is O=C(NC1CC1)C(=O)N1CCN(C(=O)c2ccco2)CC1. The van der Waals surface area contributed by atoms with E-state index in [-0.39, 0.29) is 11.9 Å². The van der Waals surface area contributed by atoms with E-state index in [0.717, 1.165) is 12.8 Å².